The van der Waals surface area contributed by atoms with Gasteiger partial charge in [0.2, 0.25) is 5.78 Å². The van der Waals surface area contributed by atoms with E-state index in [0.29, 0.717) is 34.3 Å². The minimum atomic E-state index is -1.14. The van der Waals surface area contributed by atoms with Crippen LogP contribution in [0.15, 0.2) is 41.0 Å². The molecular weight excluding hydrogens is 342 g/mol. The second-order valence-electron chi connectivity index (χ2n) is 5.15. The third kappa shape index (κ3) is 3.03. The zero-order valence-corrected chi connectivity index (χ0v) is 14.4. The lowest BCUT2D eigenvalue weighted by Crippen LogP contribution is -2.06. The molecule has 2 aromatic heterocycles. The molecule has 128 valence electrons. The quantitative estimate of drug-likeness (QED) is 0.428. The SMILES string of the molecule is CC/C(=N\OC)c1csc(C(=O)c2cn(C(=O)O)c3ccccc23)n1. The Morgan fingerprint density at radius 2 is 2.12 bits per heavy atom. The Morgan fingerprint density at radius 1 is 1.36 bits per heavy atom. The summed E-state index contributed by atoms with van der Waals surface area (Å²) in [6, 6.07) is 6.87. The summed E-state index contributed by atoms with van der Waals surface area (Å²) in [6.07, 6.45) is 0.805. The Labute approximate surface area is 147 Å². The number of fused-ring (bicyclic) bond motifs is 1. The van der Waals surface area contributed by atoms with Crippen LogP contribution in [-0.4, -0.2) is 39.4 Å². The van der Waals surface area contributed by atoms with Crippen LogP contribution in [0, 0.1) is 0 Å². The molecule has 8 heteroatoms. The lowest BCUT2D eigenvalue weighted by molar-refractivity contribution is 0.104. The molecule has 3 rings (SSSR count). The van der Waals surface area contributed by atoms with Gasteiger partial charge in [0.15, 0.2) is 5.01 Å². The van der Waals surface area contributed by atoms with E-state index in [1.54, 1.807) is 29.6 Å². The monoisotopic (exact) mass is 357 g/mol. The Balaban J connectivity index is 2.05. The molecule has 3 aromatic rings. The number of nitrogens with zero attached hydrogens (tertiary/aromatic N) is 3. The molecule has 0 saturated heterocycles. The summed E-state index contributed by atoms with van der Waals surface area (Å²) in [5.41, 5.74) is 2.00. The first kappa shape index (κ1) is 16.8. The van der Waals surface area contributed by atoms with Crippen LogP contribution in [-0.2, 0) is 4.84 Å². The van der Waals surface area contributed by atoms with E-state index in [1.807, 2.05) is 6.92 Å². The fourth-order valence-electron chi connectivity index (χ4n) is 2.55. The third-order valence-electron chi connectivity index (χ3n) is 3.69. The zero-order valence-electron chi connectivity index (χ0n) is 13.6. The number of thiazole rings is 1. The van der Waals surface area contributed by atoms with Crippen molar-refractivity contribution in [1.29, 1.82) is 0 Å². The molecule has 0 radical (unpaired) electrons. The highest BCUT2D eigenvalue weighted by Gasteiger charge is 2.22. The van der Waals surface area contributed by atoms with E-state index in [9.17, 15) is 14.7 Å². The minimum Gasteiger partial charge on any atom is -0.464 e. The van der Waals surface area contributed by atoms with Crippen molar-refractivity contribution in [3.8, 4) is 0 Å². The first-order valence-electron chi connectivity index (χ1n) is 7.50. The molecule has 2 heterocycles. The van der Waals surface area contributed by atoms with Crippen LogP contribution >= 0.6 is 11.3 Å². The molecule has 0 atom stereocenters. The maximum Gasteiger partial charge on any atom is 0.416 e. The molecule has 0 unspecified atom stereocenters. The summed E-state index contributed by atoms with van der Waals surface area (Å²) >= 11 is 1.19. The number of hydrogen-bond donors (Lipinski definition) is 1. The Morgan fingerprint density at radius 3 is 2.80 bits per heavy atom. The molecule has 1 N–H and O–H groups in total. The van der Waals surface area contributed by atoms with E-state index in [0.717, 1.165) is 4.57 Å². The van der Waals surface area contributed by atoms with E-state index in [-0.39, 0.29) is 10.8 Å². The highest BCUT2D eigenvalue weighted by molar-refractivity contribution is 7.12. The number of carbonyl (C=O) groups is 2. The first-order valence-corrected chi connectivity index (χ1v) is 8.38. The highest BCUT2D eigenvalue weighted by Crippen LogP contribution is 2.25. The number of hydrogen-bond acceptors (Lipinski definition) is 6. The molecule has 0 spiro atoms. The number of ketones is 1. The Bertz CT molecular complexity index is 987. The van der Waals surface area contributed by atoms with Crippen molar-refractivity contribution in [1.82, 2.24) is 9.55 Å². The van der Waals surface area contributed by atoms with Gasteiger partial charge >= 0.3 is 6.09 Å². The average molecular weight is 357 g/mol. The van der Waals surface area contributed by atoms with Gasteiger partial charge in [-0.25, -0.2) is 9.78 Å². The van der Waals surface area contributed by atoms with Crippen LogP contribution in [0.3, 0.4) is 0 Å². The van der Waals surface area contributed by atoms with Gasteiger partial charge in [0.1, 0.15) is 12.8 Å². The van der Waals surface area contributed by atoms with Gasteiger partial charge in [-0.2, -0.15) is 0 Å². The minimum absolute atomic E-state index is 0.278. The summed E-state index contributed by atoms with van der Waals surface area (Å²) in [5, 5.41) is 15.8. The summed E-state index contributed by atoms with van der Waals surface area (Å²) in [6.45, 7) is 1.92. The standard InChI is InChI=1S/C17H15N3O4S/c1-3-12(19-24-2)13-9-25-16(18-13)15(21)11-8-20(17(22)23)14-7-5-4-6-10(11)14/h4-9H,3H2,1-2H3,(H,22,23)/b19-12+. The van der Waals surface area contributed by atoms with Gasteiger partial charge in [-0.3, -0.25) is 9.36 Å². The number of carbonyl (C=O) groups excluding carboxylic acids is 1. The first-order chi connectivity index (χ1) is 12.1. The normalized spacial score (nSPS) is 11.7. The maximum atomic E-state index is 12.8. The summed E-state index contributed by atoms with van der Waals surface area (Å²) in [4.78, 5) is 33.4. The smallest absolute Gasteiger partial charge is 0.416 e. The van der Waals surface area contributed by atoms with Crippen molar-refractivity contribution in [2.45, 2.75) is 13.3 Å². The van der Waals surface area contributed by atoms with Gasteiger partial charge in [0, 0.05) is 17.0 Å². The number of aromatic nitrogens is 2. The van der Waals surface area contributed by atoms with E-state index in [1.165, 1.54) is 24.6 Å². The summed E-state index contributed by atoms with van der Waals surface area (Å²) in [7, 11) is 1.45. The highest BCUT2D eigenvalue weighted by atomic mass is 32.1. The number of carboxylic acid groups (broad SMARTS) is 1. The van der Waals surface area contributed by atoms with Crippen LogP contribution in [0.2, 0.25) is 0 Å². The topological polar surface area (TPSA) is 93.8 Å². The molecule has 0 aliphatic rings. The van der Waals surface area contributed by atoms with E-state index in [4.69, 9.17) is 4.84 Å². The molecule has 0 bridgehead atoms. The van der Waals surface area contributed by atoms with Gasteiger partial charge in [0.25, 0.3) is 0 Å². The van der Waals surface area contributed by atoms with E-state index in [2.05, 4.69) is 10.1 Å². The lowest BCUT2D eigenvalue weighted by atomic mass is 10.1. The molecule has 0 aliphatic heterocycles. The molecule has 0 fully saturated rings. The van der Waals surface area contributed by atoms with Crippen molar-refractivity contribution >= 4 is 39.8 Å². The van der Waals surface area contributed by atoms with Crippen molar-refractivity contribution in [2.24, 2.45) is 5.16 Å². The second-order valence-corrected chi connectivity index (χ2v) is 6.01. The van der Waals surface area contributed by atoms with Gasteiger partial charge in [-0.1, -0.05) is 30.3 Å². The largest absolute Gasteiger partial charge is 0.464 e. The third-order valence-corrected chi connectivity index (χ3v) is 4.53. The van der Waals surface area contributed by atoms with Gasteiger partial charge in [0.05, 0.1) is 16.8 Å². The van der Waals surface area contributed by atoms with Crippen LogP contribution in [0.1, 0.15) is 34.4 Å². The number of para-hydroxylation sites is 1. The van der Waals surface area contributed by atoms with E-state index >= 15 is 0 Å². The Kier molecular flexibility index (Phi) is 4.62. The molecule has 25 heavy (non-hydrogen) atoms. The fraction of sp³-hybridized carbons (Fsp3) is 0.176. The second kappa shape index (κ2) is 6.86. The van der Waals surface area contributed by atoms with Crippen LogP contribution in [0.5, 0.6) is 0 Å². The fourth-order valence-corrected chi connectivity index (χ4v) is 3.33. The molecule has 0 aliphatic carbocycles. The van der Waals surface area contributed by atoms with Gasteiger partial charge < -0.3 is 9.94 Å². The van der Waals surface area contributed by atoms with Crippen molar-refractivity contribution in [2.75, 3.05) is 7.11 Å². The van der Waals surface area contributed by atoms with Crippen LogP contribution in [0.4, 0.5) is 4.79 Å². The lowest BCUT2D eigenvalue weighted by Gasteiger charge is -1.97. The van der Waals surface area contributed by atoms with Crippen molar-refractivity contribution < 1.29 is 19.5 Å². The molecule has 0 saturated carbocycles. The average Bonchev–Trinajstić information content (AvgIpc) is 3.24. The molecule has 1 aromatic carbocycles. The Hall–Kier alpha value is -3.00. The maximum absolute atomic E-state index is 12.8. The molecule has 0 amide bonds. The van der Waals surface area contributed by atoms with Gasteiger partial charge in [-0.15, -0.1) is 11.3 Å². The zero-order chi connectivity index (χ0) is 18.0. The van der Waals surface area contributed by atoms with Gasteiger partial charge in [-0.05, 0) is 12.5 Å². The number of benzene rings is 1. The number of oxime groups is 1. The molecular formula is C17H15N3O4S. The van der Waals surface area contributed by atoms with Crippen molar-refractivity contribution in [3.63, 3.8) is 0 Å². The number of rotatable bonds is 5. The summed E-state index contributed by atoms with van der Waals surface area (Å²) < 4.78 is 1.04. The van der Waals surface area contributed by atoms with Crippen LogP contribution in [0.25, 0.3) is 10.9 Å². The van der Waals surface area contributed by atoms with Crippen molar-refractivity contribution in [3.05, 3.63) is 52.1 Å². The predicted molar refractivity (Wildman–Crippen MR) is 94.7 cm³/mol. The van der Waals surface area contributed by atoms with Crippen LogP contribution < -0.4 is 0 Å². The summed E-state index contributed by atoms with van der Waals surface area (Å²) in [5.74, 6) is -0.319. The molecule has 7 nitrogen and oxygen atoms in total. The predicted octanol–water partition coefficient (Wildman–Crippen LogP) is 3.62. The van der Waals surface area contributed by atoms with E-state index < -0.39 is 6.09 Å².